The molecule has 28 heavy (non-hydrogen) atoms. The van der Waals surface area contributed by atoms with Crippen LogP contribution in [0, 0.1) is 12.8 Å². The van der Waals surface area contributed by atoms with Gasteiger partial charge in [0.05, 0.1) is 11.5 Å². The lowest BCUT2D eigenvalue weighted by Gasteiger charge is -2.21. The van der Waals surface area contributed by atoms with Gasteiger partial charge in [-0.2, -0.15) is 0 Å². The molecule has 2 N–H and O–H groups in total. The van der Waals surface area contributed by atoms with Gasteiger partial charge in [0.15, 0.2) is 16.4 Å². The van der Waals surface area contributed by atoms with Gasteiger partial charge in [0, 0.05) is 11.6 Å². The molecule has 1 aromatic carbocycles. The van der Waals surface area contributed by atoms with E-state index in [4.69, 9.17) is 4.74 Å². The van der Waals surface area contributed by atoms with Crippen LogP contribution in [0.2, 0.25) is 0 Å². The predicted molar refractivity (Wildman–Crippen MR) is 103 cm³/mol. The zero-order valence-corrected chi connectivity index (χ0v) is 17.0. The number of hydrogen-bond acceptors (Lipinski definition) is 6. The smallest absolute Gasteiger partial charge is 0.329 e. The predicted octanol–water partition coefficient (Wildman–Crippen LogP) is 0.596. The zero-order valence-electron chi connectivity index (χ0n) is 16.2. The average Bonchev–Trinajstić information content (AvgIpc) is 2.95. The second-order valence-corrected chi connectivity index (χ2v) is 9.51. The summed E-state index contributed by atoms with van der Waals surface area (Å²) in [6.45, 7) is 4.78. The van der Waals surface area contributed by atoms with E-state index in [0.717, 1.165) is 5.56 Å². The van der Waals surface area contributed by atoms with E-state index in [2.05, 4.69) is 10.6 Å². The van der Waals surface area contributed by atoms with E-state index in [1.165, 1.54) is 0 Å². The van der Waals surface area contributed by atoms with Crippen molar-refractivity contribution in [3.05, 3.63) is 35.4 Å². The molecule has 0 unspecified atom stereocenters. The minimum atomic E-state index is -3.11. The van der Waals surface area contributed by atoms with Crippen LogP contribution < -0.4 is 10.6 Å². The molecule has 1 saturated heterocycles. The van der Waals surface area contributed by atoms with E-state index in [1.54, 1.807) is 39.0 Å². The first kappa shape index (κ1) is 21.9. The van der Waals surface area contributed by atoms with Gasteiger partial charge in [-0.25, -0.2) is 13.2 Å². The second kappa shape index (κ2) is 9.18. The van der Waals surface area contributed by atoms with E-state index in [9.17, 15) is 22.8 Å². The van der Waals surface area contributed by atoms with Crippen LogP contribution in [0.4, 0.5) is 0 Å². The van der Waals surface area contributed by atoms with Crippen molar-refractivity contribution in [2.45, 2.75) is 39.3 Å². The van der Waals surface area contributed by atoms with Gasteiger partial charge in [0.1, 0.15) is 6.04 Å². The molecule has 1 aromatic rings. The molecule has 1 aliphatic rings. The van der Waals surface area contributed by atoms with E-state index in [0.29, 0.717) is 12.0 Å². The first-order valence-corrected chi connectivity index (χ1v) is 10.9. The minimum absolute atomic E-state index is 0.0398. The van der Waals surface area contributed by atoms with Crippen LogP contribution in [0.25, 0.3) is 0 Å². The highest BCUT2D eigenvalue weighted by atomic mass is 32.2. The molecule has 1 aliphatic heterocycles. The summed E-state index contributed by atoms with van der Waals surface area (Å²) in [7, 11) is -3.11. The van der Waals surface area contributed by atoms with Crippen LogP contribution in [-0.2, 0) is 24.2 Å². The third kappa shape index (κ3) is 6.05. The number of sulfone groups is 1. The highest BCUT2D eigenvalue weighted by Gasteiger charge is 2.30. The van der Waals surface area contributed by atoms with Crippen molar-refractivity contribution in [1.82, 2.24) is 10.6 Å². The highest BCUT2D eigenvalue weighted by molar-refractivity contribution is 7.91. The summed E-state index contributed by atoms with van der Waals surface area (Å²) in [4.78, 5) is 36.8. The highest BCUT2D eigenvalue weighted by Crippen LogP contribution is 2.12. The Morgan fingerprint density at radius 2 is 1.89 bits per heavy atom. The largest absolute Gasteiger partial charge is 0.454 e. The Bertz CT molecular complexity index is 850. The molecule has 0 aromatic heterocycles. The van der Waals surface area contributed by atoms with Gasteiger partial charge < -0.3 is 15.4 Å². The summed E-state index contributed by atoms with van der Waals surface area (Å²) in [6, 6.07) is 5.64. The Labute approximate surface area is 164 Å². The number of esters is 1. The monoisotopic (exact) mass is 410 g/mol. The van der Waals surface area contributed by atoms with Crippen molar-refractivity contribution >= 4 is 27.6 Å². The average molecular weight is 410 g/mol. The number of aryl methyl sites for hydroxylation is 1. The fraction of sp³-hybridized carbons (Fsp3) is 0.526. The fourth-order valence-corrected chi connectivity index (χ4v) is 4.62. The maximum atomic E-state index is 12.5. The lowest BCUT2D eigenvalue weighted by molar-refractivity contribution is -0.151. The van der Waals surface area contributed by atoms with Gasteiger partial charge in [0.2, 0.25) is 0 Å². The molecule has 0 aliphatic carbocycles. The van der Waals surface area contributed by atoms with Gasteiger partial charge in [-0.3, -0.25) is 9.59 Å². The Morgan fingerprint density at radius 3 is 2.46 bits per heavy atom. The summed E-state index contributed by atoms with van der Waals surface area (Å²) in [6.07, 6.45) is 0.350. The van der Waals surface area contributed by atoms with Gasteiger partial charge >= 0.3 is 5.97 Å². The van der Waals surface area contributed by atoms with E-state index in [-0.39, 0.29) is 17.4 Å². The van der Waals surface area contributed by atoms with E-state index in [1.807, 2.05) is 6.07 Å². The molecular formula is C19H26N2O6S. The number of carbonyl (C=O) groups is 3. The summed E-state index contributed by atoms with van der Waals surface area (Å²) in [5, 5.41) is 5.21. The van der Waals surface area contributed by atoms with Crippen molar-refractivity contribution in [3.8, 4) is 0 Å². The number of hydrogen-bond donors (Lipinski definition) is 2. The van der Waals surface area contributed by atoms with Crippen LogP contribution in [-0.4, -0.2) is 56.4 Å². The summed E-state index contributed by atoms with van der Waals surface area (Å²) in [5.41, 5.74) is 1.24. The molecule has 0 bridgehead atoms. The maximum Gasteiger partial charge on any atom is 0.329 e. The van der Waals surface area contributed by atoms with Crippen LogP contribution in [0.15, 0.2) is 24.3 Å². The molecule has 2 amide bonds. The normalized spacial score (nSPS) is 19.1. The molecule has 0 saturated carbocycles. The fourth-order valence-electron chi connectivity index (χ4n) is 2.95. The third-order valence-electron chi connectivity index (χ3n) is 4.54. The molecule has 8 nitrogen and oxygen atoms in total. The Hall–Kier alpha value is -2.42. The number of nitrogens with one attached hydrogen (secondary N) is 2. The standard InChI is InChI=1S/C19H26N2O6S/c1-12(2)17(21-18(23)15-7-5-4-6-13(15)3)19(24)27-10-16(22)20-14-8-9-28(25,26)11-14/h4-7,12,14,17H,8-11H2,1-3H3,(H,20,22)(H,21,23)/t14-,17+/m1/s1. The van der Waals surface area contributed by atoms with Crippen molar-refractivity contribution < 1.29 is 27.5 Å². The van der Waals surface area contributed by atoms with E-state index >= 15 is 0 Å². The minimum Gasteiger partial charge on any atom is -0.454 e. The summed E-state index contributed by atoms with van der Waals surface area (Å²) >= 11 is 0. The molecular weight excluding hydrogens is 384 g/mol. The molecule has 2 atom stereocenters. The van der Waals surface area contributed by atoms with Crippen molar-refractivity contribution in [2.75, 3.05) is 18.1 Å². The quantitative estimate of drug-likeness (QED) is 0.636. The molecule has 154 valence electrons. The lowest BCUT2D eigenvalue weighted by atomic mass is 10.0. The number of ether oxygens (including phenoxy) is 1. The van der Waals surface area contributed by atoms with Gasteiger partial charge in [0.25, 0.3) is 11.8 Å². The number of carbonyl (C=O) groups excluding carboxylic acids is 3. The summed E-state index contributed by atoms with van der Waals surface area (Å²) < 4.78 is 27.9. The number of rotatable bonds is 7. The van der Waals surface area contributed by atoms with Gasteiger partial charge in [-0.05, 0) is 30.9 Å². The van der Waals surface area contributed by atoms with Crippen molar-refractivity contribution in [3.63, 3.8) is 0 Å². The van der Waals surface area contributed by atoms with Crippen molar-refractivity contribution in [1.29, 1.82) is 0 Å². The Balaban J connectivity index is 1.89. The molecule has 0 spiro atoms. The Kier molecular flexibility index (Phi) is 7.17. The third-order valence-corrected chi connectivity index (χ3v) is 6.31. The van der Waals surface area contributed by atoms with E-state index < -0.39 is 46.3 Å². The molecule has 0 radical (unpaired) electrons. The second-order valence-electron chi connectivity index (χ2n) is 7.29. The van der Waals surface area contributed by atoms with Gasteiger partial charge in [-0.15, -0.1) is 0 Å². The van der Waals surface area contributed by atoms with Crippen LogP contribution in [0.5, 0.6) is 0 Å². The van der Waals surface area contributed by atoms with Crippen LogP contribution in [0.3, 0.4) is 0 Å². The number of amides is 2. The summed E-state index contributed by atoms with van der Waals surface area (Å²) in [5.74, 6) is -1.99. The molecule has 2 rings (SSSR count). The lowest BCUT2D eigenvalue weighted by Crippen LogP contribution is -2.46. The SMILES string of the molecule is Cc1ccccc1C(=O)N[C@H](C(=O)OCC(=O)N[C@@H]1CCS(=O)(=O)C1)C(C)C. The Morgan fingerprint density at radius 1 is 1.21 bits per heavy atom. The number of benzene rings is 1. The van der Waals surface area contributed by atoms with Crippen LogP contribution >= 0.6 is 0 Å². The molecule has 1 heterocycles. The maximum absolute atomic E-state index is 12.5. The zero-order chi connectivity index (χ0) is 20.9. The first-order chi connectivity index (χ1) is 13.1. The van der Waals surface area contributed by atoms with Crippen LogP contribution in [0.1, 0.15) is 36.2 Å². The molecule has 1 fully saturated rings. The van der Waals surface area contributed by atoms with Crippen molar-refractivity contribution in [2.24, 2.45) is 5.92 Å². The topological polar surface area (TPSA) is 119 Å². The first-order valence-electron chi connectivity index (χ1n) is 9.12. The van der Waals surface area contributed by atoms with Gasteiger partial charge in [-0.1, -0.05) is 32.0 Å². The molecule has 9 heteroatoms.